The molecule has 17 heavy (non-hydrogen) atoms. The fraction of sp³-hybridized carbons (Fsp3) is 1.00. The maximum Gasteiger partial charge on any atom is 0.0110 e. The molecule has 1 fully saturated rings. The summed E-state index contributed by atoms with van der Waals surface area (Å²) in [6, 6.07) is 0. The van der Waals surface area contributed by atoms with E-state index < -0.39 is 0 Å². The number of hydrogen-bond donors (Lipinski definition) is 1. The van der Waals surface area contributed by atoms with Crippen molar-refractivity contribution in [3.63, 3.8) is 0 Å². The maximum absolute atomic E-state index is 3.53. The predicted molar refractivity (Wildman–Crippen MR) is 75.5 cm³/mol. The summed E-state index contributed by atoms with van der Waals surface area (Å²) in [4.78, 5) is 5.07. The van der Waals surface area contributed by atoms with Gasteiger partial charge in [0.25, 0.3) is 0 Å². The van der Waals surface area contributed by atoms with E-state index in [4.69, 9.17) is 0 Å². The van der Waals surface area contributed by atoms with Crippen LogP contribution in [0.4, 0.5) is 0 Å². The van der Waals surface area contributed by atoms with Crippen LogP contribution < -0.4 is 5.32 Å². The fourth-order valence-corrected chi connectivity index (χ4v) is 2.80. The van der Waals surface area contributed by atoms with Crippen LogP contribution in [-0.2, 0) is 0 Å². The van der Waals surface area contributed by atoms with Crippen molar-refractivity contribution in [2.45, 2.75) is 33.6 Å². The number of piperazine rings is 1. The van der Waals surface area contributed by atoms with Crippen LogP contribution in [0.25, 0.3) is 0 Å². The molecule has 1 unspecified atom stereocenters. The minimum absolute atomic E-state index is 0.445. The van der Waals surface area contributed by atoms with Gasteiger partial charge in [0.05, 0.1) is 0 Å². The highest BCUT2D eigenvalue weighted by atomic mass is 15.2. The highest BCUT2D eigenvalue weighted by Gasteiger charge is 2.27. The zero-order valence-electron chi connectivity index (χ0n) is 12.3. The molecule has 0 aromatic rings. The molecular formula is C14H31N3. The van der Waals surface area contributed by atoms with Crippen molar-refractivity contribution < 1.29 is 0 Å². The molecule has 1 atom stereocenters. The zero-order chi connectivity index (χ0) is 12.7. The van der Waals surface area contributed by atoms with Crippen molar-refractivity contribution in [3.05, 3.63) is 0 Å². The molecule has 3 nitrogen and oxygen atoms in total. The fourth-order valence-electron chi connectivity index (χ4n) is 2.80. The van der Waals surface area contributed by atoms with Gasteiger partial charge in [-0.05, 0) is 25.4 Å². The van der Waals surface area contributed by atoms with E-state index in [9.17, 15) is 0 Å². The molecule has 0 aromatic carbocycles. The third-order valence-electron chi connectivity index (χ3n) is 3.86. The molecule has 0 spiro atoms. The van der Waals surface area contributed by atoms with Crippen LogP contribution >= 0.6 is 0 Å². The number of nitrogens with one attached hydrogen (secondary N) is 1. The lowest BCUT2D eigenvalue weighted by atomic mass is 9.84. The summed E-state index contributed by atoms with van der Waals surface area (Å²) in [6.07, 6.45) is 2.61. The van der Waals surface area contributed by atoms with Gasteiger partial charge < -0.3 is 15.1 Å². The summed E-state index contributed by atoms with van der Waals surface area (Å²) in [7, 11) is 2.22. The predicted octanol–water partition coefficient (Wildman–Crippen LogP) is 1.65. The number of nitrogens with zero attached hydrogens (tertiary/aromatic N) is 2. The summed E-state index contributed by atoms with van der Waals surface area (Å²) >= 11 is 0. The molecule has 1 rings (SSSR count). The first-order valence-electron chi connectivity index (χ1n) is 7.21. The van der Waals surface area contributed by atoms with E-state index in [0.717, 1.165) is 13.1 Å². The van der Waals surface area contributed by atoms with E-state index in [1.165, 1.54) is 45.6 Å². The summed E-state index contributed by atoms with van der Waals surface area (Å²) < 4.78 is 0. The lowest BCUT2D eigenvalue weighted by Gasteiger charge is -2.39. The first-order valence-corrected chi connectivity index (χ1v) is 7.21. The van der Waals surface area contributed by atoms with Gasteiger partial charge in [0.2, 0.25) is 0 Å². The molecule has 0 radical (unpaired) electrons. The second-order valence-corrected chi connectivity index (χ2v) is 5.92. The Balaban J connectivity index is 2.41. The molecule has 0 amide bonds. The highest BCUT2D eigenvalue weighted by molar-refractivity contribution is 4.82. The Morgan fingerprint density at radius 3 is 2.29 bits per heavy atom. The molecule has 0 bridgehead atoms. The maximum atomic E-state index is 3.53. The molecule has 1 N–H and O–H groups in total. The average Bonchev–Trinajstić information content (AvgIpc) is 2.30. The molecule has 0 aliphatic carbocycles. The third-order valence-corrected chi connectivity index (χ3v) is 3.86. The Bertz CT molecular complexity index is 200. The van der Waals surface area contributed by atoms with E-state index in [1.807, 2.05) is 0 Å². The molecule has 1 aliphatic heterocycles. The van der Waals surface area contributed by atoms with E-state index >= 15 is 0 Å². The summed E-state index contributed by atoms with van der Waals surface area (Å²) in [5.74, 6) is 0. The van der Waals surface area contributed by atoms with Crippen LogP contribution in [0.3, 0.4) is 0 Å². The van der Waals surface area contributed by atoms with Gasteiger partial charge in [-0.2, -0.15) is 0 Å². The standard InChI is InChI=1S/C14H31N3/c1-5-7-14(3,12-15-6-2)13-17-10-8-16(4)9-11-17/h15H,5-13H2,1-4H3. The Hall–Kier alpha value is -0.120. The quantitative estimate of drug-likeness (QED) is 0.731. The zero-order valence-corrected chi connectivity index (χ0v) is 12.3. The van der Waals surface area contributed by atoms with Crippen LogP contribution in [0.5, 0.6) is 0 Å². The second-order valence-electron chi connectivity index (χ2n) is 5.92. The second kappa shape index (κ2) is 7.34. The first kappa shape index (κ1) is 14.9. The molecule has 1 heterocycles. The van der Waals surface area contributed by atoms with E-state index in [0.29, 0.717) is 5.41 Å². The minimum Gasteiger partial charge on any atom is -0.316 e. The molecular weight excluding hydrogens is 210 g/mol. The Labute approximate surface area is 108 Å². The number of rotatable bonds is 7. The monoisotopic (exact) mass is 241 g/mol. The molecule has 1 saturated heterocycles. The van der Waals surface area contributed by atoms with Gasteiger partial charge in [0.15, 0.2) is 0 Å². The molecule has 0 saturated carbocycles. The minimum atomic E-state index is 0.445. The van der Waals surface area contributed by atoms with Crippen molar-refractivity contribution >= 4 is 0 Å². The van der Waals surface area contributed by atoms with E-state index in [2.05, 4.69) is 42.9 Å². The van der Waals surface area contributed by atoms with Crippen molar-refractivity contribution in [3.8, 4) is 0 Å². The average molecular weight is 241 g/mol. The lowest BCUT2D eigenvalue weighted by Crippen LogP contribution is -2.50. The van der Waals surface area contributed by atoms with Gasteiger partial charge in [-0.3, -0.25) is 0 Å². The smallest absolute Gasteiger partial charge is 0.0110 e. The number of hydrogen-bond acceptors (Lipinski definition) is 3. The van der Waals surface area contributed by atoms with Crippen molar-refractivity contribution in [1.82, 2.24) is 15.1 Å². The molecule has 102 valence electrons. The van der Waals surface area contributed by atoms with Crippen molar-refractivity contribution in [2.75, 3.05) is 52.9 Å². The van der Waals surface area contributed by atoms with E-state index in [1.54, 1.807) is 0 Å². The summed E-state index contributed by atoms with van der Waals surface area (Å²) in [5.41, 5.74) is 0.445. The van der Waals surface area contributed by atoms with Crippen LogP contribution in [0.1, 0.15) is 33.6 Å². The number of likely N-dealkylation sites (N-methyl/N-ethyl adjacent to an activating group) is 1. The van der Waals surface area contributed by atoms with Gasteiger partial charge in [0, 0.05) is 39.3 Å². The lowest BCUT2D eigenvalue weighted by molar-refractivity contribution is 0.0974. The Kier molecular flexibility index (Phi) is 6.45. The SMILES string of the molecule is CCCC(C)(CNCC)CN1CCN(C)CC1. The van der Waals surface area contributed by atoms with Crippen LogP contribution in [0, 0.1) is 5.41 Å². The van der Waals surface area contributed by atoms with Gasteiger partial charge in [-0.15, -0.1) is 0 Å². The van der Waals surface area contributed by atoms with Gasteiger partial charge in [0.1, 0.15) is 0 Å². The van der Waals surface area contributed by atoms with Gasteiger partial charge >= 0.3 is 0 Å². The summed E-state index contributed by atoms with van der Waals surface area (Å²) in [6.45, 7) is 15.4. The largest absolute Gasteiger partial charge is 0.316 e. The molecule has 0 aromatic heterocycles. The van der Waals surface area contributed by atoms with E-state index in [-0.39, 0.29) is 0 Å². The molecule has 1 aliphatic rings. The van der Waals surface area contributed by atoms with Gasteiger partial charge in [-0.25, -0.2) is 0 Å². The normalized spacial score (nSPS) is 22.6. The van der Waals surface area contributed by atoms with Crippen molar-refractivity contribution in [2.24, 2.45) is 5.41 Å². The Morgan fingerprint density at radius 2 is 1.76 bits per heavy atom. The van der Waals surface area contributed by atoms with Gasteiger partial charge in [-0.1, -0.05) is 27.2 Å². The topological polar surface area (TPSA) is 18.5 Å². The van der Waals surface area contributed by atoms with Crippen molar-refractivity contribution in [1.29, 1.82) is 0 Å². The third kappa shape index (κ3) is 5.36. The van der Waals surface area contributed by atoms with Crippen LogP contribution in [-0.4, -0.2) is 62.7 Å². The Morgan fingerprint density at radius 1 is 1.12 bits per heavy atom. The van der Waals surface area contributed by atoms with Crippen LogP contribution in [0.15, 0.2) is 0 Å². The highest BCUT2D eigenvalue weighted by Crippen LogP contribution is 2.24. The first-order chi connectivity index (χ1) is 8.09. The van der Waals surface area contributed by atoms with Crippen LogP contribution in [0.2, 0.25) is 0 Å². The molecule has 3 heteroatoms. The summed E-state index contributed by atoms with van der Waals surface area (Å²) in [5, 5.41) is 3.53.